The maximum absolute atomic E-state index is 5.13. The van der Waals surface area contributed by atoms with Crippen LogP contribution in [0.2, 0.25) is 0 Å². The highest BCUT2D eigenvalue weighted by Gasteiger charge is 2.23. The topological polar surface area (TPSA) is 25.2 Å². The van der Waals surface area contributed by atoms with E-state index in [2.05, 4.69) is 36.5 Å². The Morgan fingerprint density at radius 2 is 2.18 bits per heavy atom. The summed E-state index contributed by atoms with van der Waals surface area (Å²) < 4.78 is 5.13. The SMILES string of the molecule is CC(NC1CCc2ccccc21)c1ccoc1. The Hall–Kier alpha value is -1.54. The molecule has 2 atom stereocenters. The molecule has 0 spiro atoms. The second-order valence-corrected chi connectivity index (χ2v) is 4.74. The molecule has 1 aliphatic rings. The molecule has 0 bridgehead atoms. The molecule has 2 aromatic rings. The molecule has 88 valence electrons. The van der Waals surface area contributed by atoms with Crippen LogP contribution in [0.3, 0.4) is 0 Å². The molecule has 1 aromatic carbocycles. The normalized spacial score (nSPS) is 20.2. The molecule has 17 heavy (non-hydrogen) atoms. The Bertz CT molecular complexity index is 489. The van der Waals surface area contributed by atoms with E-state index in [1.54, 1.807) is 6.26 Å². The Labute approximate surface area is 102 Å². The molecular weight excluding hydrogens is 210 g/mol. The van der Waals surface area contributed by atoms with E-state index in [0.717, 1.165) is 0 Å². The smallest absolute Gasteiger partial charge is 0.0950 e. The molecule has 1 N–H and O–H groups in total. The zero-order valence-corrected chi connectivity index (χ0v) is 10.0. The molecule has 2 unspecified atom stereocenters. The van der Waals surface area contributed by atoms with Crippen LogP contribution in [0, 0.1) is 0 Å². The van der Waals surface area contributed by atoms with Gasteiger partial charge in [-0.1, -0.05) is 24.3 Å². The highest BCUT2D eigenvalue weighted by molar-refractivity contribution is 5.34. The minimum atomic E-state index is 0.338. The van der Waals surface area contributed by atoms with Gasteiger partial charge in [-0.05, 0) is 37.0 Å². The number of aryl methyl sites for hydroxylation is 1. The Morgan fingerprint density at radius 1 is 1.29 bits per heavy atom. The van der Waals surface area contributed by atoms with Crippen molar-refractivity contribution in [3.8, 4) is 0 Å². The molecule has 2 heteroatoms. The van der Waals surface area contributed by atoms with Crippen LogP contribution in [-0.2, 0) is 6.42 Å². The Morgan fingerprint density at radius 3 is 3.00 bits per heavy atom. The van der Waals surface area contributed by atoms with Crippen molar-refractivity contribution in [2.75, 3.05) is 0 Å². The minimum absolute atomic E-state index is 0.338. The molecule has 0 amide bonds. The predicted molar refractivity (Wildman–Crippen MR) is 67.8 cm³/mol. The first-order valence-corrected chi connectivity index (χ1v) is 6.20. The second kappa shape index (κ2) is 4.38. The second-order valence-electron chi connectivity index (χ2n) is 4.74. The van der Waals surface area contributed by atoms with E-state index >= 15 is 0 Å². The lowest BCUT2D eigenvalue weighted by atomic mass is 10.1. The molecule has 1 aromatic heterocycles. The van der Waals surface area contributed by atoms with Gasteiger partial charge in [0.1, 0.15) is 0 Å². The van der Waals surface area contributed by atoms with Crippen molar-refractivity contribution in [3.63, 3.8) is 0 Å². The maximum atomic E-state index is 5.13. The lowest BCUT2D eigenvalue weighted by molar-refractivity contribution is 0.460. The summed E-state index contributed by atoms with van der Waals surface area (Å²) in [5.41, 5.74) is 4.17. The van der Waals surface area contributed by atoms with Crippen LogP contribution >= 0.6 is 0 Å². The first-order chi connectivity index (χ1) is 8.34. The van der Waals surface area contributed by atoms with Gasteiger partial charge in [0.05, 0.1) is 12.5 Å². The molecule has 1 aliphatic carbocycles. The van der Waals surface area contributed by atoms with Crippen molar-refractivity contribution in [2.45, 2.75) is 31.8 Å². The van der Waals surface area contributed by atoms with Crippen LogP contribution in [-0.4, -0.2) is 0 Å². The van der Waals surface area contributed by atoms with Crippen LogP contribution in [0.25, 0.3) is 0 Å². The number of fused-ring (bicyclic) bond motifs is 1. The van der Waals surface area contributed by atoms with Crippen LogP contribution in [0.5, 0.6) is 0 Å². The summed E-state index contributed by atoms with van der Waals surface area (Å²) >= 11 is 0. The summed E-state index contributed by atoms with van der Waals surface area (Å²) in [7, 11) is 0. The average molecular weight is 227 g/mol. The standard InChI is InChI=1S/C15H17NO/c1-11(13-8-9-17-10-13)16-15-7-6-12-4-2-3-5-14(12)15/h2-5,8-11,15-16H,6-7H2,1H3. The lowest BCUT2D eigenvalue weighted by Crippen LogP contribution is -2.22. The summed E-state index contributed by atoms with van der Waals surface area (Å²) in [6.07, 6.45) is 5.93. The van der Waals surface area contributed by atoms with Crippen LogP contribution in [0.4, 0.5) is 0 Å². The van der Waals surface area contributed by atoms with Gasteiger partial charge in [0.25, 0.3) is 0 Å². The monoisotopic (exact) mass is 227 g/mol. The van der Waals surface area contributed by atoms with E-state index in [1.165, 1.54) is 29.5 Å². The van der Waals surface area contributed by atoms with Crippen LogP contribution in [0.15, 0.2) is 47.3 Å². The summed E-state index contributed by atoms with van der Waals surface area (Å²) in [5, 5.41) is 3.68. The van der Waals surface area contributed by atoms with Crippen molar-refractivity contribution in [2.24, 2.45) is 0 Å². The van der Waals surface area contributed by atoms with Crippen molar-refractivity contribution in [1.29, 1.82) is 0 Å². The van der Waals surface area contributed by atoms with Crippen LogP contribution < -0.4 is 5.32 Å². The van der Waals surface area contributed by atoms with Gasteiger partial charge in [0.2, 0.25) is 0 Å². The highest BCUT2D eigenvalue weighted by Crippen LogP contribution is 2.32. The lowest BCUT2D eigenvalue weighted by Gasteiger charge is -2.19. The van der Waals surface area contributed by atoms with E-state index in [0.29, 0.717) is 12.1 Å². The molecule has 0 radical (unpaired) electrons. The van der Waals surface area contributed by atoms with Gasteiger partial charge < -0.3 is 9.73 Å². The first kappa shape index (κ1) is 10.6. The van der Waals surface area contributed by atoms with Crippen molar-refractivity contribution >= 4 is 0 Å². The van der Waals surface area contributed by atoms with Gasteiger partial charge in [-0.15, -0.1) is 0 Å². The summed E-state index contributed by atoms with van der Waals surface area (Å²) in [6, 6.07) is 11.6. The van der Waals surface area contributed by atoms with Gasteiger partial charge in [-0.25, -0.2) is 0 Å². The summed E-state index contributed by atoms with van der Waals surface area (Å²) in [5.74, 6) is 0. The van der Waals surface area contributed by atoms with E-state index in [1.807, 2.05) is 12.3 Å². The third-order valence-electron chi connectivity index (χ3n) is 3.63. The quantitative estimate of drug-likeness (QED) is 0.866. The molecule has 0 fully saturated rings. The Balaban J connectivity index is 1.75. The number of nitrogens with one attached hydrogen (secondary N) is 1. The zero-order valence-electron chi connectivity index (χ0n) is 10.0. The largest absolute Gasteiger partial charge is 0.472 e. The van der Waals surface area contributed by atoms with E-state index in [4.69, 9.17) is 4.42 Å². The van der Waals surface area contributed by atoms with Crippen LogP contribution in [0.1, 0.15) is 42.1 Å². The number of hydrogen-bond donors (Lipinski definition) is 1. The fraction of sp³-hybridized carbons (Fsp3) is 0.333. The van der Waals surface area contributed by atoms with Crippen molar-refractivity contribution < 1.29 is 4.42 Å². The zero-order chi connectivity index (χ0) is 11.7. The third kappa shape index (κ3) is 2.01. The number of benzene rings is 1. The number of furan rings is 1. The van der Waals surface area contributed by atoms with Gasteiger partial charge in [0, 0.05) is 17.6 Å². The van der Waals surface area contributed by atoms with E-state index in [9.17, 15) is 0 Å². The minimum Gasteiger partial charge on any atom is -0.472 e. The van der Waals surface area contributed by atoms with Crippen molar-refractivity contribution in [3.05, 3.63) is 59.5 Å². The van der Waals surface area contributed by atoms with Gasteiger partial charge in [0.15, 0.2) is 0 Å². The molecular formula is C15H17NO. The number of rotatable bonds is 3. The van der Waals surface area contributed by atoms with E-state index in [-0.39, 0.29) is 0 Å². The number of hydrogen-bond acceptors (Lipinski definition) is 2. The molecule has 0 aliphatic heterocycles. The van der Waals surface area contributed by atoms with E-state index < -0.39 is 0 Å². The van der Waals surface area contributed by atoms with Gasteiger partial charge in [-0.2, -0.15) is 0 Å². The van der Waals surface area contributed by atoms with Crippen molar-refractivity contribution in [1.82, 2.24) is 5.32 Å². The molecule has 2 nitrogen and oxygen atoms in total. The average Bonchev–Trinajstić information content (AvgIpc) is 2.98. The fourth-order valence-electron chi connectivity index (χ4n) is 2.65. The van der Waals surface area contributed by atoms with Gasteiger partial charge >= 0.3 is 0 Å². The molecule has 0 saturated carbocycles. The highest BCUT2D eigenvalue weighted by atomic mass is 16.3. The van der Waals surface area contributed by atoms with Gasteiger partial charge in [-0.3, -0.25) is 0 Å². The summed E-state index contributed by atoms with van der Waals surface area (Å²) in [6.45, 7) is 2.19. The molecule has 1 heterocycles. The predicted octanol–water partition coefficient (Wildman–Crippen LogP) is 3.62. The maximum Gasteiger partial charge on any atom is 0.0950 e. The Kier molecular flexibility index (Phi) is 2.73. The molecule has 0 saturated heterocycles. The molecule has 3 rings (SSSR count). The first-order valence-electron chi connectivity index (χ1n) is 6.20. The third-order valence-corrected chi connectivity index (χ3v) is 3.63. The fourth-order valence-corrected chi connectivity index (χ4v) is 2.65. The summed E-state index contributed by atoms with van der Waals surface area (Å²) in [4.78, 5) is 0.